The molecule has 2 aromatic heterocycles. The van der Waals surface area contributed by atoms with Crippen molar-refractivity contribution in [1.29, 1.82) is 0 Å². The summed E-state index contributed by atoms with van der Waals surface area (Å²) in [6.45, 7) is 5.68. The van der Waals surface area contributed by atoms with Gasteiger partial charge in [0.15, 0.2) is 11.2 Å². The second-order valence-electron chi connectivity index (χ2n) is 5.43. The van der Waals surface area contributed by atoms with Crippen LogP contribution in [0.5, 0.6) is 0 Å². The van der Waals surface area contributed by atoms with Crippen molar-refractivity contribution in [3.63, 3.8) is 0 Å². The molecule has 0 spiro atoms. The minimum atomic E-state index is -0.460. The molecular formula is C15H20N6O2. The van der Waals surface area contributed by atoms with Crippen molar-refractivity contribution in [1.82, 2.24) is 24.4 Å². The van der Waals surface area contributed by atoms with Crippen LogP contribution in [-0.2, 0) is 13.6 Å². The number of H-pyrrole nitrogens is 1. The summed E-state index contributed by atoms with van der Waals surface area (Å²) in [4.78, 5) is 33.1. The molecule has 8 heteroatoms. The lowest BCUT2D eigenvalue weighted by Gasteiger charge is -2.28. The van der Waals surface area contributed by atoms with E-state index in [2.05, 4.69) is 32.0 Å². The molecule has 3 rings (SSSR count). The number of hydrogen-bond donors (Lipinski definition) is 2. The van der Waals surface area contributed by atoms with Gasteiger partial charge in [-0.1, -0.05) is 12.8 Å². The van der Waals surface area contributed by atoms with Gasteiger partial charge in [0.25, 0.3) is 5.56 Å². The number of piperazine rings is 1. The molecule has 0 atom stereocenters. The zero-order valence-corrected chi connectivity index (χ0v) is 13.3. The smallest absolute Gasteiger partial charge is 0.329 e. The van der Waals surface area contributed by atoms with Gasteiger partial charge in [0.2, 0.25) is 5.95 Å². The third kappa shape index (κ3) is 2.75. The number of aromatic amines is 1. The number of anilines is 1. The van der Waals surface area contributed by atoms with Crippen LogP contribution in [0.25, 0.3) is 11.2 Å². The number of hydrogen-bond acceptors (Lipinski definition) is 5. The normalized spacial score (nSPS) is 14.8. The van der Waals surface area contributed by atoms with Crippen molar-refractivity contribution in [2.24, 2.45) is 7.05 Å². The molecule has 3 heterocycles. The van der Waals surface area contributed by atoms with Crippen molar-refractivity contribution < 1.29 is 0 Å². The molecular weight excluding hydrogens is 296 g/mol. The van der Waals surface area contributed by atoms with Crippen molar-refractivity contribution in [3.8, 4) is 11.8 Å². The van der Waals surface area contributed by atoms with Crippen LogP contribution in [0.3, 0.4) is 0 Å². The summed E-state index contributed by atoms with van der Waals surface area (Å²) in [6, 6.07) is 0. The summed E-state index contributed by atoms with van der Waals surface area (Å²) in [5, 5.41) is 3.29. The van der Waals surface area contributed by atoms with E-state index in [9.17, 15) is 9.59 Å². The molecule has 1 aliphatic heterocycles. The fourth-order valence-electron chi connectivity index (χ4n) is 2.74. The van der Waals surface area contributed by atoms with Gasteiger partial charge in [-0.3, -0.25) is 18.9 Å². The van der Waals surface area contributed by atoms with Gasteiger partial charge in [0, 0.05) is 39.6 Å². The van der Waals surface area contributed by atoms with Crippen molar-refractivity contribution >= 4 is 17.1 Å². The molecule has 2 N–H and O–H groups in total. The first kappa shape index (κ1) is 15.4. The van der Waals surface area contributed by atoms with E-state index in [0.29, 0.717) is 23.7 Å². The summed E-state index contributed by atoms with van der Waals surface area (Å²) in [6.07, 6.45) is 0.754. The number of aryl methyl sites for hydroxylation is 1. The zero-order valence-electron chi connectivity index (χ0n) is 13.3. The molecule has 23 heavy (non-hydrogen) atoms. The SMILES string of the molecule is CCC#CCn1c(N2CCNCC2)nc2c1c(=O)[nH]c(=O)n2C. The van der Waals surface area contributed by atoms with Gasteiger partial charge in [0.05, 0.1) is 6.54 Å². The Morgan fingerprint density at radius 3 is 2.65 bits per heavy atom. The minimum absolute atomic E-state index is 0.380. The van der Waals surface area contributed by atoms with Crippen LogP contribution in [-0.4, -0.2) is 45.3 Å². The molecule has 8 nitrogen and oxygen atoms in total. The Morgan fingerprint density at radius 1 is 1.22 bits per heavy atom. The van der Waals surface area contributed by atoms with Crippen molar-refractivity contribution in [2.45, 2.75) is 19.9 Å². The Bertz CT molecular complexity index is 889. The predicted octanol–water partition coefficient (Wildman–Crippen LogP) is -0.754. The quantitative estimate of drug-likeness (QED) is 0.712. The number of aromatic nitrogens is 4. The summed E-state index contributed by atoms with van der Waals surface area (Å²) in [7, 11) is 1.61. The highest BCUT2D eigenvalue weighted by Crippen LogP contribution is 2.19. The number of fused-ring (bicyclic) bond motifs is 1. The van der Waals surface area contributed by atoms with E-state index in [1.807, 2.05) is 11.5 Å². The van der Waals surface area contributed by atoms with Gasteiger partial charge >= 0.3 is 5.69 Å². The molecule has 1 aliphatic rings. The first-order valence-electron chi connectivity index (χ1n) is 7.74. The molecule has 0 amide bonds. The highest BCUT2D eigenvalue weighted by molar-refractivity contribution is 5.74. The van der Waals surface area contributed by atoms with Crippen LogP contribution >= 0.6 is 0 Å². The van der Waals surface area contributed by atoms with Crippen LogP contribution in [0.4, 0.5) is 5.95 Å². The Morgan fingerprint density at radius 2 is 1.96 bits per heavy atom. The standard InChI is InChI=1S/C15H20N6O2/c1-3-4-5-8-21-11-12(19(2)15(23)18-13(11)22)17-14(21)20-9-6-16-7-10-20/h16H,3,6-10H2,1-2H3,(H,18,22,23). The second kappa shape index (κ2) is 6.30. The molecule has 0 unspecified atom stereocenters. The van der Waals surface area contributed by atoms with Crippen molar-refractivity contribution in [2.75, 3.05) is 31.1 Å². The highest BCUT2D eigenvalue weighted by atomic mass is 16.2. The van der Waals surface area contributed by atoms with Gasteiger partial charge in [-0.25, -0.2) is 4.79 Å². The molecule has 122 valence electrons. The maximum absolute atomic E-state index is 12.3. The van der Waals surface area contributed by atoms with Gasteiger partial charge in [-0.2, -0.15) is 4.98 Å². The molecule has 0 saturated carbocycles. The van der Waals surface area contributed by atoms with Crippen LogP contribution in [0.1, 0.15) is 13.3 Å². The highest BCUT2D eigenvalue weighted by Gasteiger charge is 2.22. The number of nitrogens with zero attached hydrogens (tertiary/aromatic N) is 4. The summed E-state index contributed by atoms with van der Waals surface area (Å²) < 4.78 is 3.17. The molecule has 0 bridgehead atoms. The molecule has 0 aromatic carbocycles. The van der Waals surface area contributed by atoms with Crippen LogP contribution in [0, 0.1) is 11.8 Å². The lowest BCUT2D eigenvalue weighted by Crippen LogP contribution is -2.44. The molecule has 1 saturated heterocycles. The molecule has 2 aromatic rings. The topological polar surface area (TPSA) is 88.0 Å². The average molecular weight is 316 g/mol. The van der Waals surface area contributed by atoms with Gasteiger partial charge in [-0.05, 0) is 0 Å². The monoisotopic (exact) mass is 316 g/mol. The number of rotatable bonds is 2. The Balaban J connectivity index is 2.22. The Hall–Kier alpha value is -2.53. The van der Waals surface area contributed by atoms with E-state index in [4.69, 9.17) is 0 Å². The van der Waals surface area contributed by atoms with Crippen LogP contribution in [0.2, 0.25) is 0 Å². The first-order valence-corrected chi connectivity index (χ1v) is 7.74. The van der Waals surface area contributed by atoms with Crippen molar-refractivity contribution in [3.05, 3.63) is 20.8 Å². The first-order chi connectivity index (χ1) is 11.1. The number of imidazole rings is 1. The maximum atomic E-state index is 12.3. The molecule has 0 radical (unpaired) electrons. The lowest BCUT2D eigenvalue weighted by molar-refractivity contribution is 0.573. The van der Waals surface area contributed by atoms with E-state index in [1.165, 1.54) is 4.57 Å². The van der Waals surface area contributed by atoms with Gasteiger partial charge in [-0.15, -0.1) is 5.92 Å². The number of nitrogens with one attached hydrogen (secondary N) is 2. The summed E-state index contributed by atoms with van der Waals surface area (Å²) >= 11 is 0. The van der Waals surface area contributed by atoms with Gasteiger partial charge in [0.1, 0.15) is 0 Å². The minimum Gasteiger partial charge on any atom is -0.340 e. The van der Waals surface area contributed by atoms with E-state index in [0.717, 1.165) is 32.6 Å². The zero-order chi connectivity index (χ0) is 16.4. The van der Waals surface area contributed by atoms with Gasteiger partial charge < -0.3 is 10.2 Å². The fourth-order valence-corrected chi connectivity index (χ4v) is 2.74. The van der Waals surface area contributed by atoms with E-state index in [1.54, 1.807) is 7.05 Å². The third-order valence-electron chi connectivity index (χ3n) is 3.93. The molecule has 1 fully saturated rings. The lowest BCUT2D eigenvalue weighted by atomic mass is 10.4. The van der Waals surface area contributed by atoms with E-state index in [-0.39, 0.29) is 0 Å². The summed E-state index contributed by atoms with van der Waals surface area (Å²) in [5.41, 5.74) is -0.0921. The largest absolute Gasteiger partial charge is 0.340 e. The average Bonchev–Trinajstić information content (AvgIpc) is 2.94. The van der Waals surface area contributed by atoms with E-state index >= 15 is 0 Å². The predicted molar refractivity (Wildman–Crippen MR) is 88.7 cm³/mol. The maximum Gasteiger partial charge on any atom is 0.329 e. The Labute approximate surface area is 133 Å². The Kier molecular flexibility index (Phi) is 4.21. The van der Waals surface area contributed by atoms with Crippen LogP contribution < -0.4 is 21.5 Å². The van der Waals surface area contributed by atoms with Crippen LogP contribution in [0.15, 0.2) is 9.59 Å². The molecule has 0 aliphatic carbocycles. The van der Waals surface area contributed by atoms with E-state index < -0.39 is 11.2 Å². The third-order valence-corrected chi connectivity index (χ3v) is 3.93. The fraction of sp³-hybridized carbons (Fsp3) is 0.533. The summed E-state index contributed by atoms with van der Waals surface area (Å²) in [5.74, 6) is 6.77. The second-order valence-corrected chi connectivity index (χ2v) is 5.43.